The van der Waals surface area contributed by atoms with Gasteiger partial charge in [-0.2, -0.15) is 0 Å². The van der Waals surface area contributed by atoms with Crippen molar-refractivity contribution < 1.29 is 58.7 Å². The van der Waals surface area contributed by atoms with E-state index in [1.165, 1.54) is 12.3 Å². The van der Waals surface area contributed by atoms with E-state index in [-0.39, 0.29) is 0 Å². The average Bonchev–Trinajstić information content (AvgIpc) is 3.60. The summed E-state index contributed by atoms with van der Waals surface area (Å²) in [5.41, 5.74) is -0.341. The molecule has 12 nitrogen and oxygen atoms in total. The number of benzene rings is 1. The number of epoxide rings is 1. The lowest BCUT2D eigenvalue weighted by Crippen LogP contribution is -2.60. The van der Waals surface area contributed by atoms with Gasteiger partial charge >= 0.3 is 5.97 Å². The Bertz CT molecular complexity index is 1030. The highest BCUT2D eigenvalue weighted by molar-refractivity contribution is 5.87. The number of hydrogen-bond acceptors (Lipinski definition) is 12. The molecule has 37 heavy (non-hydrogen) atoms. The number of carbonyl (C=O) groups is 1. The van der Waals surface area contributed by atoms with Crippen molar-refractivity contribution in [2.45, 2.75) is 54.8 Å². The zero-order valence-electron chi connectivity index (χ0n) is 19.9. The van der Waals surface area contributed by atoms with E-state index in [9.17, 15) is 30.3 Å². The van der Waals surface area contributed by atoms with E-state index in [1.54, 1.807) is 43.5 Å². The van der Waals surface area contributed by atoms with Gasteiger partial charge in [0.2, 0.25) is 6.29 Å². The molecule has 5 N–H and O–H groups in total. The normalized spacial score (nSPS) is 42.1. The van der Waals surface area contributed by atoms with Crippen LogP contribution < -0.4 is 4.74 Å². The third-order valence-corrected chi connectivity index (χ3v) is 7.38. The van der Waals surface area contributed by atoms with Gasteiger partial charge in [0, 0.05) is 12.0 Å². The first-order valence-corrected chi connectivity index (χ1v) is 11.9. The maximum absolute atomic E-state index is 12.6. The SMILES string of the molecule is COc1ccc(/C=C/C(=O)OC2C3C=COC(OC4OC(CO)C(O)C(O)C4O)C3C3(CO)OC23)cc1. The standard InChI is InChI=1S/C25H30O12/c1-32-13-5-2-12(3-6-13)4-7-16(28)35-21-14-8-9-33-23(17(14)25(11-27)22(21)37-25)36-24-20(31)19(30)18(29)15(10-26)34-24/h2-9,14-15,17-24,26-27,29-31H,10-11H2,1H3/b7-4+. The van der Waals surface area contributed by atoms with E-state index in [0.29, 0.717) is 5.75 Å². The van der Waals surface area contributed by atoms with Crippen LogP contribution in [0.4, 0.5) is 0 Å². The molecule has 11 unspecified atom stereocenters. The van der Waals surface area contributed by atoms with Crippen LogP contribution in [-0.4, -0.2) is 107 Å². The summed E-state index contributed by atoms with van der Waals surface area (Å²) in [6.45, 7) is -1.02. The molecule has 0 bridgehead atoms. The Morgan fingerprint density at radius 1 is 1.08 bits per heavy atom. The van der Waals surface area contributed by atoms with Gasteiger partial charge in [0.05, 0.1) is 32.5 Å². The van der Waals surface area contributed by atoms with Crippen LogP contribution in [-0.2, 0) is 28.5 Å². The molecule has 1 aromatic rings. The quantitative estimate of drug-likeness (QED) is 0.155. The summed E-state index contributed by atoms with van der Waals surface area (Å²) in [4.78, 5) is 12.6. The monoisotopic (exact) mass is 522 g/mol. The van der Waals surface area contributed by atoms with Crippen LogP contribution in [0.3, 0.4) is 0 Å². The molecule has 0 radical (unpaired) electrons. The number of methoxy groups -OCH3 is 1. The van der Waals surface area contributed by atoms with Crippen molar-refractivity contribution in [3.63, 3.8) is 0 Å². The Morgan fingerprint density at radius 3 is 2.51 bits per heavy atom. The summed E-state index contributed by atoms with van der Waals surface area (Å²) in [7, 11) is 1.56. The molecule has 1 saturated carbocycles. The highest BCUT2D eigenvalue weighted by Gasteiger charge is 2.77. The Balaban J connectivity index is 1.28. The van der Waals surface area contributed by atoms with Crippen molar-refractivity contribution in [3.8, 4) is 5.75 Å². The van der Waals surface area contributed by atoms with Gasteiger partial charge in [-0.3, -0.25) is 0 Å². The van der Waals surface area contributed by atoms with Gasteiger partial charge in [-0.1, -0.05) is 12.1 Å². The highest BCUT2D eigenvalue weighted by atomic mass is 16.8. The van der Waals surface area contributed by atoms with Crippen LogP contribution in [0, 0.1) is 11.8 Å². The third-order valence-electron chi connectivity index (χ3n) is 7.38. The molecule has 12 heteroatoms. The van der Waals surface area contributed by atoms with Crippen LogP contribution in [0.1, 0.15) is 5.56 Å². The smallest absolute Gasteiger partial charge is 0.331 e. The van der Waals surface area contributed by atoms with Gasteiger partial charge in [0.1, 0.15) is 48.0 Å². The van der Waals surface area contributed by atoms with Crippen molar-refractivity contribution in [3.05, 3.63) is 48.2 Å². The molecule has 3 aliphatic heterocycles. The molecule has 1 aromatic carbocycles. The molecule has 0 amide bonds. The fourth-order valence-corrected chi connectivity index (χ4v) is 5.34. The summed E-state index contributed by atoms with van der Waals surface area (Å²) >= 11 is 0. The van der Waals surface area contributed by atoms with E-state index in [2.05, 4.69) is 0 Å². The number of fused-ring (bicyclic) bond motifs is 3. The summed E-state index contributed by atoms with van der Waals surface area (Å²) in [5.74, 6) is -1.01. The number of ether oxygens (including phenoxy) is 6. The van der Waals surface area contributed by atoms with Crippen LogP contribution in [0.2, 0.25) is 0 Å². The van der Waals surface area contributed by atoms with Crippen molar-refractivity contribution in [1.29, 1.82) is 0 Å². The van der Waals surface area contributed by atoms with Crippen molar-refractivity contribution >= 4 is 12.0 Å². The first-order chi connectivity index (χ1) is 17.8. The van der Waals surface area contributed by atoms with Gasteiger partial charge in [-0.15, -0.1) is 0 Å². The molecule has 2 saturated heterocycles. The number of aliphatic hydroxyl groups is 5. The van der Waals surface area contributed by atoms with E-state index >= 15 is 0 Å². The summed E-state index contributed by atoms with van der Waals surface area (Å²) < 4.78 is 33.5. The molecule has 5 rings (SSSR count). The summed E-state index contributed by atoms with van der Waals surface area (Å²) in [5, 5.41) is 50.1. The minimum atomic E-state index is -1.63. The van der Waals surface area contributed by atoms with Crippen molar-refractivity contribution in [1.82, 2.24) is 0 Å². The van der Waals surface area contributed by atoms with Crippen LogP contribution in [0.5, 0.6) is 5.75 Å². The molecule has 3 fully saturated rings. The van der Waals surface area contributed by atoms with Gasteiger partial charge in [0.25, 0.3) is 0 Å². The lowest BCUT2D eigenvalue weighted by Gasteiger charge is -2.43. The first-order valence-electron chi connectivity index (χ1n) is 11.9. The van der Waals surface area contributed by atoms with Crippen LogP contribution in [0.15, 0.2) is 42.7 Å². The van der Waals surface area contributed by atoms with Gasteiger partial charge < -0.3 is 54.0 Å². The number of rotatable bonds is 8. The van der Waals surface area contributed by atoms with Gasteiger partial charge in [0.15, 0.2) is 6.29 Å². The lowest BCUT2D eigenvalue weighted by atomic mass is 9.85. The molecular weight excluding hydrogens is 492 g/mol. The summed E-state index contributed by atoms with van der Waals surface area (Å²) in [6.07, 6.45) is -3.94. The highest BCUT2D eigenvalue weighted by Crippen LogP contribution is 2.60. The third kappa shape index (κ3) is 4.64. The van der Waals surface area contributed by atoms with Crippen LogP contribution in [0.25, 0.3) is 6.08 Å². The molecule has 4 aliphatic rings. The van der Waals surface area contributed by atoms with Crippen LogP contribution >= 0.6 is 0 Å². The van der Waals surface area contributed by atoms with E-state index in [4.69, 9.17) is 28.4 Å². The number of esters is 1. The summed E-state index contributed by atoms with van der Waals surface area (Å²) in [6, 6.07) is 7.11. The second-order valence-corrected chi connectivity index (χ2v) is 9.43. The molecule has 11 atom stereocenters. The Morgan fingerprint density at radius 2 is 1.84 bits per heavy atom. The average molecular weight is 523 g/mol. The molecular formula is C25H30O12. The predicted molar refractivity (Wildman–Crippen MR) is 122 cm³/mol. The minimum absolute atomic E-state index is 0.402. The minimum Gasteiger partial charge on any atom is -0.497 e. The van der Waals surface area contributed by atoms with Crippen molar-refractivity contribution in [2.75, 3.05) is 20.3 Å². The number of aliphatic hydroxyl groups excluding tert-OH is 5. The van der Waals surface area contributed by atoms with Gasteiger partial charge in [-0.25, -0.2) is 4.79 Å². The Labute approximate surface area is 212 Å². The van der Waals surface area contributed by atoms with E-state index < -0.39 is 85.8 Å². The topological polar surface area (TPSA) is 177 Å². The molecule has 0 aromatic heterocycles. The zero-order valence-corrected chi connectivity index (χ0v) is 19.9. The predicted octanol–water partition coefficient (Wildman–Crippen LogP) is -1.32. The Kier molecular flexibility index (Phi) is 7.27. The second-order valence-electron chi connectivity index (χ2n) is 9.43. The molecule has 202 valence electrons. The number of carbonyl (C=O) groups excluding carboxylic acids is 1. The first kappa shape index (κ1) is 26.1. The van der Waals surface area contributed by atoms with Gasteiger partial charge in [-0.05, 0) is 29.8 Å². The molecule has 3 heterocycles. The van der Waals surface area contributed by atoms with E-state index in [0.717, 1.165) is 5.56 Å². The lowest BCUT2D eigenvalue weighted by molar-refractivity contribution is -0.344. The zero-order chi connectivity index (χ0) is 26.3. The molecule has 1 aliphatic carbocycles. The second kappa shape index (κ2) is 10.3. The largest absolute Gasteiger partial charge is 0.497 e. The number of hydrogen-bond donors (Lipinski definition) is 5. The fraction of sp³-hybridized carbons (Fsp3) is 0.560. The van der Waals surface area contributed by atoms with E-state index in [1.807, 2.05) is 0 Å². The maximum atomic E-state index is 12.6. The Hall–Kier alpha value is -2.55. The van der Waals surface area contributed by atoms with Crippen molar-refractivity contribution in [2.24, 2.45) is 11.8 Å². The maximum Gasteiger partial charge on any atom is 0.331 e. The molecule has 0 spiro atoms. The fourth-order valence-electron chi connectivity index (χ4n) is 5.34.